The number of hydrogen-bond acceptors (Lipinski definition) is 4. The van der Waals surface area contributed by atoms with E-state index in [0.29, 0.717) is 25.5 Å². The van der Waals surface area contributed by atoms with Gasteiger partial charge in [-0.2, -0.15) is 0 Å². The van der Waals surface area contributed by atoms with Gasteiger partial charge in [-0.25, -0.2) is 0 Å². The first-order chi connectivity index (χ1) is 11.7. The van der Waals surface area contributed by atoms with Crippen molar-refractivity contribution in [2.75, 3.05) is 32.9 Å². The Bertz CT molecular complexity index is 526. The monoisotopic (exact) mass is 332 g/mol. The number of rotatable bonds is 5. The second-order valence-corrected chi connectivity index (χ2v) is 6.84. The van der Waals surface area contributed by atoms with Gasteiger partial charge in [-0.3, -0.25) is 4.79 Å². The van der Waals surface area contributed by atoms with Crippen LogP contribution in [0.3, 0.4) is 0 Å². The molecule has 2 aliphatic rings. The lowest BCUT2D eigenvalue weighted by Crippen LogP contribution is -2.45. The van der Waals surface area contributed by atoms with Crippen LogP contribution in [-0.2, 0) is 14.3 Å². The van der Waals surface area contributed by atoms with E-state index in [2.05, 4.69) is 41.8 Å². The van der Waals surface area contributed by atoms with Crippen molar-refractivity contribution in [2.24, 2.45) is 5.92 Å². The minimum atomic E-state index is 0.0794. The van der Waals surface area contributed by atoms with Crippen molar-refractivity contribution >= 4 is 5.91 Å². The number of amides is 1. The molecule has 2 heterocycles. The summed E-state index contributed by atoms with van der Waals surface area (Å²) < 4.78 is 11.4. The van der Waals surface area contributed by atoms with Crippen LogP contribution in [0, 0.1) is 12.8 Å². The van der Waals surface area contributed by atoms with Crippen molar-refractivity contribution in [1.29, 1.82) is 0 Å². The molecule has 1 aromatic rings. The van der Waals surface area contributed by atoms with Crippen molar-refractivity contribution in [3.05, 3.63) is 35.4 Å². The lowest BCUT2D eigenvalue weighted by atomic mass is 9.89. The first kappa shape index (κ1) is 17.4. The highest BCUT2D eigenvalue weighted by atomic mass is 16.5. The van der Waals surface area contributed by atoms with Crippen LogP contribution in [0.4, 0.5) is 0 Å². The quantitative estimate of drug-likeness (QED) is 0.865. The van der Waals surface area contributed by atoms with Gasteiger partial charge in [-0.05, 0) is 25.3 Å². The number of nitrogens with one attached hydrogen (secondary N) is 2. The van der Waals surface area contributed by atoms with E-state index in [1.165, 1.54) is 11.1 Å². The van der Waals surface area contributed by atoms with Crippen LogP contribution in [0.5, 0.6) is 0 Å². The molecule has 3 unspecified atom stereocenters. The molecule has 0 radical (unpaired) electrons. The molecule has 0 saturated carbocycles. The van der Waals surface area contributed by atoms with Gasteiger partial charge in [0, 0.05) is 38.1 Å². The van der Waals surface area contributed by atoms with Gasteiger partial charge < -0.3 is 20.1 Å². The summed E-state index contributed by atoms with van der Waals surface area (Å²) in [7, 11) is 0. The average molecular weight is 332 g/mol. The van der Waals surface area contributed by atoms with Crippen LogP contribution < -0.4 is 10.6 Å². The van der Waals surface area contributed by atoms with Crippen molar-refractivity contribution in [1.82, 2.24) is 10.6 Å². The number of morpholine rings is 1. The third-order valence-electron chi connectivity index (χ3n) is 4.84. The van der Waals surface area contributed by atoms with Gasteiger partial charge in [0.2, 0.25) is 5.91 Å². The average Bonchev–Trinajstić information content (AvgIpc) is 2.62. The van der Waals surface area contributed by atoms with Crippen molar-refractivity contribution in [2.45, 2.75) is 38.3 Å². The molecule has 5 nitrogen and oxygen atoms in total. The number of carbonyl (C=O) groups is 1. The van der Waals surface area contributed by atoms with Crippen LogP contribution in [0.1, 0.15) is 36.5 Å². The van der Waals surface area contributed by atoms with Gasteiger partial charge in [0.1, 0.15) is 0 Å². The van der Waals surface area contributed by atoms with Gasteiger partial charge in [0.15, 0.2) is 0 Å². The Morgan fingerprint density at radius 1 is 1.29 bits per heavy atom. The molecule has 3 rings (SSSR count). The van der Waals surface area contributed by atoms with E-state index in [1.54, 1.807) is 0 Å². The molecule has 2 saturated heterocycles. The summed E-state index contributed by atoms with van der Waals surface area (Å²) in [5, 5.41) is 6.41. The summed E-state index contributed by atoms with van der Waals surface area (Å²) in [4.78, 5) is 12.2. The Kier molecular flexibility index (Phi) is 6.24. The number of ether oxygens (including phenoxy) is 2. The van der Waals surface area contributed by atoms with Crippen LogP contribution >= 0.6 is 0 Å². The number of hydrogen-bond donors (Lipinski definition) is 2. The summed E-state index contributed by atoms with van der Waals surface area (Å²) in [5.74, 6) is 0.423. The minimum Gasteiger partial charge on any atom is -0.378 e. The first-order valence-electron chi connectivity index (χ1n) is 8.98. The minimum absolute atomic E-state index is 0.0794. The molecule has 3 atom stereocenters. The summed E-state index contributed by atoms with van der Waals surface area (Å²) in [6, 6.07) is 8.66. The molecule has 24 heavy (non-hydrogen) atoms. The summed E-state index contributed by atoms with van der Waals surface area (Å²) in [5.41, 5.74) is 2.46. The molecule has 5 heteroatoms. The molecule has 2 N–H and O–H groups in total. The summed E-state index contributed by atoms with van der Waals surface area (Å²) >= 11 is 0. The van der Waals surface area contributed by atoms with Gasteiger partial charge in [-0.15, -0.1) is 0 Å². The lowest BCUT2D eigenvalue weighted by molar-refractivity contribution is -0.123. The molecule has 1 aromatic carbocycles. The van der Waals surface area contributed by atoms with Gasteiger partial charge in [0.05, 0.1) is 19.3 Å². The third-order valence-corrected chi connectivity index (χ3v) is 4.84. The van der Waals surface area contributed by atoms with Crippen molar-refractivity contribution in [3.8, 4) is 0 Å². The zero-order valence-corrected chi connectivity index (χ0v) is 14.4. The second-order valence-electron chi connectivity index (χ2n) is 6.84. The van der Waals surface area contributed by atoms with Crippen molar-refractivity contribution < 1.29 is 14.3 Å². The molecular formula is C19H28N2O3. The lowest BCUT2D eigenvalue weighted by Gasteiger charge is -2.32. The molecular weight excluding hydrogens is 304 g/mol. The molecule has 2 aliphatic heterocycles. The molecule has 0 aromatic heterocycles. The van der Waals surface area contributed by atoms with E-state index in [1.807, 2.05) is 0 Å². The molecule has 0 aliphatic carbocycles. The van der Waals surface area contributed by atoms with E-state index in [9.17, 15) is 4.79 Å². The highest BCUT2D eigenvalue weighted by Crippen LogP contribution is 2.33. The smallest absolute Gasteiger partial charge is 0.221 e. The molecule has 0 spiro atoms. The van der Waals surface area contributed by atoms with E-state index in [-0.39, 0.29) is 18.1 Å². The molecule has 0 bridgehead atoms. The normalized spacial score (nSPS) is 27.6. The summed E-state index contributed by atoms with van der Waals surface area (Å²) in [6.07, 6.45) is 2.70. The second kappa shape index (κ2) is 8.60. The maximum Gasteiger partial charge on any atom is 0.221 e. The third kappa shape index (κ3) is 4.79. The molecule has 2 fully saturated rings. The van der Waals surface area contributed by atoms with Crippen LogP contribution in [0.25, 0.3) is 0 Å². The number of aryl methyl sites for hydroxylation is 1. The van der Waals surface area contributed by atoms with Gasteiger partial charge in [-0.1, -0.05) is 29.8 Å². The van der Waals surface area contributed by atoms with Gasteiger partial charge in [0.25, 0.3) is 0 Å². The fraction of sp³-hybridized carbons (Fsp3) is 0.632. The van der Waals surface area contributed by atoms with Gasteiger partial charge >= 0.3 is 0 Å². The Morgan fingerprint density at radius 2 is 2.12 bits per heavy atom. The van der Waals surface area contributed by atoms with E-state index in [4.69, 9.17) is 9.47 Å². The predicted octanol–water partition coefficient (Wildman–Crippen LogP) is 1.96. The van der Waals surface area contributed by atoms with Crippen LogP contribution in [0.15, 0.2) is 24.3 Å². The Labute approximate surface area is 144 Å². The largest absolute Gasteiger partial charge is 0.378 e. The SMILES string of the molecule is Cc1ccc(C2OCCCC2CNC(=O)CC2COCCN2)cc1. The number of carbonyl (C=O) groups excluding carboxylic acids is 1. The Balaban J connectivity index is 1.51. The van der Waals surface area contributed by atoms with E-state index in [0.717, 1.165) is 32.6 Å². The van der Waals surface area contributed by atoms with Crippen molar-refractivity contribution in [3.63, 3.8) is 0 Å². The maximum absolute atomic E-state index is 12.2. The zero-order valence-electron chi connectivity index (χ0n) is 14.4. The fourth-order valence-electron chi connectivity index (χ4n) is 3.47. The maximum atomic E-state index is 12.2. The topological polar surface area (TPSA) is 59.6 Å². The Hall–Kier alpha value is -1.43. The first-order valence-corrected chi connectivity index (χ1v) is 8.98. The zero-order chi connectivity index (χ0) is 16.8. The standard InChI is InChI=1S/C19H28N2O3/c1-14-4-6-15(7-5-14)19-16(3-2-9-24-19)12-21-18(22)11-17-13-23-10-8-20-17/h4-7,16-17,19-20H,2-3,8-13H2,1H3,(H,21,22). The highest BCUT2D eigenvalue weighted by Gasteiger charge is 2.28. The fourth-order valence-corrected chi connectivity index (χ4v) is 3.47. The van der Waals surface area contributed by atoms with Crippen LogP contribution in [0.2, 0.25) is 0 Å². The summed E-state index contributed by atoms with van der Waals surface area (Å²) in [6.45, 7) is 5.73. The molecule has 132 valence electrons. The predicted molar refractivity (Wildman–Crippen MR) is 92.8 cm³/mol. The Morgan fingerprint density at radius 3 is 2.88 bits per heavy atom. The van der Waals surface area contributed by atoms with E-state index < -0.39 is 0 Å². The number of benzene rings is 1. The van der Waals surface area contributed by atoms with E-state index >= 15 is 0 Å². The van der Waals surface area contributed by atoms with Crippen LogP contribution in [-0.4, -0.2) is 44.9 Å². The highest BCUT2D eigenvalue weighted by molar-refractivity contribution is 5.76. The molecule has 1 amide bonds.